The van der Waals surface area contributed by atoms with Gasteiger partial charge in [-0.25, -0.2) is 4.99 Å². The van der Waals surface area contributed by atoms with Gasteiger partial charge in [0.1, 0.15) is 0 Å². The number of aliphatic imine (C=N–C) groups is 1. The van der Waals surface area contributed by atoms with E-state index in [9.17, 15) is 0 Å². The minimum absolute atomic E-state index is 0. The summed E-state index contributed by atoms with van der Waals surface area (Å²) in [5.41, 5.74) is 4.56. The number of fused-ring (bicyclic) bond motifs is 1. The van der Waals surface area contributed by atoms with Gasteiger partial charge in [0.25, 0.3) is 0 Å². The van der Waals surface area contributed by atoms with Crippen molar-refractivity contribution in [1.29, 1.82) is 0 Å². The molecule has 2 aromatic rings. The van der Waals surface area contributed by atoms with Gasteiger partial charge in [0.2, 0.25) is 0 Å². The van der Waals surface area contributed by atoms with Crippen LogP contribution in [0.25, 0.3) is 11.8 Å². The molecular formula is C14H15ClN2OS. The Morgan fingerprint density at radius 1 is 1.16 bits per heavy atom. The molecule has 2 heterocycles. The highest BCUT2D eigenvalue weighted by atomic mass is 35.5. The largest absolute Gasteiger partial charge is 0.412 e. The van der Waals surface area contributed by atoms with Crippen LogP contribution >= 0.6 is 23.7 Å². The van der Waals surface area contributed by atoms with Crippen molar-refractivity contribution in [2.24, 2.45) is 4.99 Å². The average molecular weight is 295 g/mol. The number of nitrogens with one attached hydrogen (secondary N) is 1. The summed E-state index contributed by atoms with van der Waals surface area (Å²) >= 11 is 1.75. The minimum Gasteiger partial charge on any atom is -0.412 e. The van der Waals surface area contributed by atoms with Gasteiger partial charge in [0.15, 0.2) is 0 Å². The standard InChI is InChI=1S/C14H12N2S.ClH.H2O/c1-10-6-7-17-14(10)13-8-11-4-2-3-5-12(11)15-9-16-13;;/h2-9H,1H3,(H,15,16);1H;1H2. The predicted molar refractivity (Wildman–Crippen MR) is 85.5 cm³/mol. The normalized spacial score (nSPS) is 12.2. The van der Waals surface area contributed by atoms with Crippen molar-refractivity contribution >= 4 is 47.5 Å². The molecule has 1 aromatic heterocycles. The third kappa shape index (κ3) is 3.04. The maximum absolute atomic E-state index is 4.39. The fraction of sp³-hybridized carbons (Fsp3) is 0.0714. The van der Waals surface area contributed by atoms with Crippen LogP contribution in [0, 0.1) is 6.92 Å². The van der Waals surface area contributed by atoms with Crippen molar-refractivity contribution < 1.29 is 5.48 Å². The van der Waals surface area contributed by atoms with Crippen LogP contribution in [-0.2, 0) is 0 Å². The summed E-state index contributed by atoms with van der Waals surface area (Å²) in [6, 6.07) is 10.3. The van der Waals surface area contributed by atoms with Crippen molar-refractivity contribution in [2.45, 2.75) is 6.92 Å². The van der Waals surface area contributed by atoms with Crippen LogP contribution < -0.4 is 5.32 Å². The van der Waals surface area contributed by atoms with Crippen LogP contribution in [0.2, 0.25) is 0 Å². The molecule has 1 aliphatic heterocycles. The lowest BCUT2D eigenvalue weighted by atomic mass is 10.1. The Morgan fingerprint density at radius 2 is 1.95 bits per heavy atom. The number of nitrogens with zero attached hydrogens (tertiary/aromatic N) is 1. The number of hydrogen-bond donors (Lipinski definition) is 1. The van der Waals surface area contributed by atoms with Crippen LogP contribution in [-0.4, -0.2) is 11.8 Å². The van der Waals surface area contributed by atoms with Gasteiger partial charge in [-0.3, -0.25) is 0 Å². The molecule has 0 amide bonds. The summed E-state index contributed by atoms with van der Waals surface area (Å²) in [4.78, 5) is 5.66. The zero-order valence-electron chi connectivity index (χ0n) is 10.4. The summed E-state index contributed by atoms with van der Waals surface area (Å²) in [7, 11) is 0. The molecular weight excluding hydrogens is 280 g/mol. The number of aryl methyl sites for hydroxylation is 1. The zero-order chi connectivity index (χ0) is 11.7. The van der Waals surface area contributed by atoms with Crippen molar-refractivity contribution in [1.82, 2.24) is 5.32 Å². The Balaban J connectivity index is 0.000000902. The zero-order valence-corrected chi connectivity index (χ0v) is 12.0. The smallest absolute Gasteiger partial charge is 0.0930 e. The van der Waals surface area contributed by atoms with Crippen molar-refractivity contribution in [3.63, 3.8) is 0 Å². The summed E-state index contributed by atoms with van der Waals surface area (Å²) in [6.07, 6.45) is 3.91. The molecule has 0 bridgehead atoms. The van der Waals surface area contributed by atoms with Gasteiger partial charge in [-0.15, -0.1) is 23.7 Å². The molecule has 100 valence electrons. The number of benzene rings is 1. The first-order valence-electron chi connectivity index (χ1n) is 5.49. The Bertz CT molecular complexity index is 619. The van der Waals surface area contributed by atoms with E-state index in [1.165, 1.54) is 10.4 Å². The topological polar surface area (TPSA) is 55.9 Å². The molecule has 3 rings (SSSR count). The number of rotatable bonds is 1. The quantitative estimate of drug-likeness (QED) is 0.861. The first-order valence-corrected chi connectivity index (χ1v) is 6.37. The Hall–Kier alpha value is -1.62. The highest BCUT2D eigenvalue weighted by molar-refractivity contribution is 7.11. The van der Waals surface area contributed by atoms with Crippen LogP contribution in [0.1, 0.15) is 16.0 Å². The molecule has 0 aliphatic carbocycles. The summed E-state index contributed by atoms with van der Waals surface area (Å²) in [6.45, 7) is 2.13. The van der Waals surface area contributed by atoms with Gasteiger partial charge >= 0.3 is 0 Å². The first-order chi connectivity index (χ1) is 8.34. The Kier molecular flexibility index (Phi) is 5.30. The van der Waals surface area contributed by atoms with Gasteiger partial charge in [0, 0.05) is 5.56 Å². The van der Waals surface area contributed by atoms with E-state index in [0.717, 1.165) is 16.9 Å². The lowest BCUT2D eigenvalue weighted by molar-refractivity contribution is 0.824. The average Bonchev–Trinajstić information content (AvgIpc) is 2.65. The Labute approximate surface area is 122 Å². The molecule has 5 heteroatoms. The van der Waals surface area contributed by atoms with Gasteiger partial charge in [-0.2, -0.15) is 0 Å². The number of hydrogen-bond acceptors (Lipinski definition) is 3. The molecule has 0 atom stereocenters. The van der Waals surface area contributed by atoms with E-state index < -0.39 is 0 Å². The second-order valence-corrected chi connectivity index (χ2v) is 4.87. The van der Waals surface area contributed by atoms with Crippen molar-refractivity contribution in [2.75, 3.05) is 0 Å². The second kappa shape index (κ2) is 6.52. The lowest BCUT2D eigenvalue weighted by Gasteiger charge is -2.04. The monoisotopic (exact) mass is 294 g/mol. The maximum atomic E-state index is 4.39. The van der Waals surface area contributed by atoms with Crippen LogP contribution in [0.15, 0.2) is 40.7 Å². The molecule has 1 aliphatic rings. The van der Waals surface area contributed by atoms with E-state index in [0.29, 0.717) is 0 Å². The molecule has 0 radical (unpaired) electrons. The first kappa shape index (κ1) is 15.4. The predicted octanol–water partition coefficient (Wildman–Crippen LogP) is 3.41. The van der Waals surface area contributed by atoms with E-state index >= 15 is 0 Å². The van der Waals surface area contributed by atoms with Gasteiger partial charge < -0.3 is 10.8 Å². The third-order valence-corrected chi connectivity index (χ3v) is 3.82. The highest BCUT2D eigenvalue weighted by Crippen LogP contribution is 2.29. The number of para-hydroxylation sites is 1. The molecule has 0 fully saturated rings. The summed E-state index contributed by atoms with van der Waals surface area (Å²) in [5.74, 6) is 0. The minimum atomic E-state index is 0. The van der Waals surface area contributed by atoms with Gasteiger partial charge in [-0.1, -0.05) is 18.2 Å². The molecule has 0 saturated carbocycles. The van der Waals surface area contributed by atoms with E-state index in [1.54, 1.807) is 17.7 Å². The van der Waals surface area contributed by atoms with Crippen molar-refractivity contribution in [3.8, 4) is 0 Å². The molecule has 3 N–H and O–H groups in total. The number of halogens is 1. The lowest BCUT2D eigenvalue weighted by Crippen LogP contribution is -2.07. The van der Waals surface area contributed by atoms with Crippen LogP contribution in [0.3, 0.4) is 0 Å². The molecule has 19 heavy (non-hydrogen) atoms. The van der Waals surface area contributed by atoms with E-state index in [4.69, 9.17) is 0 Å². The van der Waals surface area contributed by atoms with Crippen molar-refractivity contribution in [3.05, 3.63) is 51.7 Å². The van der Waals surface area contributed by atoms with Crippen LogP contribution in [0.5, 0.6) is 0 Å². The van der Waals surface area contributed by atoms with E-state index in [1.807, 2.05) is 18.2 Å². The maximum Gasteiger partial charge on any atom is 0.0930 e. The fourth-order valence-electron chi connectivity index (χ4n) is 1.88. The molecule has 0 unspecified atom stereocenters. The second-order valence-electron chi connectivity index (χ2n) is 3.95. The van der Waals surface area contributed by atoms with Crippen LogP contribution in [0.4, 0.5) is 5.69 Å². The number of thiophene rings is 1. The molecule has 3 nitrogen and oxygen atoms in total. The SMILES string of the molecule is Cc1ccsc1C1=Cc2ccccc2N=CN1.Cl.O. The fourth-order valence-corrected chi connectivity index (χ4v) is 2.78. The van der Waals surface area contributed by atoms with Gasteiger partial charge in [0.05, 0.1) is 22.6 Å². The molecule has 0 spiro atoms. The molecule has 1 aromatic carbocycles. The van der Waals surface area contributed by atoms with Gasteiger partial charge in [-0.05, 0) is 36.1 Å². The Morgan fingerprint density at radius 3 is 2.68 bits per heavy atom. The summed E-state index contributed by atoms with van der Waals surface area (Å²) < 4.78 is 0. The van der Waals surface area contributed by atoms with E-state index in [-0.39, 0.29) is 17.9 Å². The van der Waals surface area contributed by atoms with E-state index in [2.05, 4.69) is 40.8 Å². The molecule has 0 saturated heterocycles. The summed E-state index contributed by atoms with van der Waals surface area (Å²) in [5, 5.41) is 5.36. The third-order valence-electron chi connectivity index (χ3n) is 2.77. The highest BCUT2D eigenvalue weighted by Gasteiger charge is 2.09.